The molecule has 0 radical (unpaired) electrons. The molecule has 2 saturated heterocycles. The highest BCUT2D eigenvalue weighted by molar-refractivity contribution is 5.92. The van der Waals surface area contributed by atoms with E-state index < -0.39 is 11.9 Å². The second-order valence-corrected chi connectivity index (χ2v) is 4.39. The Balaban J connectivity index is 2.10. The van der Waals surface area contributed by atoms with Gasteiger partial charge in [-0.3, -0.25) is 4.79 Å². The Morgan fingerprint density at radius 3 is 2.69 bits per heavy atom. The molecule has 0 N–H and O–H groups in total. The first-order chi connectivity index (χ1) is 7.43. The van der Waals surface area contributed by atoms with Crippen molar-refractivity contribution < 1.29 is 23.8 Å². The number of hydrogen-bond acceptors (Lipinski definition) is 5. The molecule has 2 aliphatic rings. The maximum absolute atomic E-state index is 11.6. The van der Waals surface area contributed by atoms with Crippen molar-refractivity contribution in [2.75, 3.05) is 13.7 Å². The molecule has 2 atom stereocenters. The highest BCUT2D eigenvalue weighted by atomic mass is 16.8. The summed E-state index contributed by atoms with van der Waals surface area (Å²) in [6, 6.07) is 0. The number of carbonyl (C=O) groups excluding carboxylic acids is 2. The van der Waals surface area contributed by atoms with E-state index in [1.165, 1.54) is 7.11 Å². The fourth-order valence-electron chi connectivity index (χ4n) is 2.09. The van der Waals surface area contributed by atoms with Crippen molar-refractivity contribution in [3.8, 4) is 0 Å². The van der Waals surface area contributed by atoms with Gasteiger partial charge in [-0.05, 0) is 13.8 Å². The zero-order valence-corrected chi connectivity index (χ0v) is 9.56. The summed E-state index contributed by atoms with van der Waals surface area (Å²) < 4.78 is 15.7. The molecule has 2 heterocycles. The molecule has 0 aliphatic carbocycles. The van der Waals surface area contributed by atoms with E-state index in [1.54, 1.807) is 13.8 Å². The minimum atomic E-state index is -0.693. The molecule has 0 aromatic carbocycles. The Hall–Kier alpha value is -1.14. The minimum Gasteiger partial charge on any atom is -0.452 e. The predicted molar refractivity (Wildman–Crippen MR) is 52.6 cm³/mol. The van der Waals surface area contributed by atoms with Crippen molar-refractivity contribution in [1.29, 1.82) is 0 Å². The zero-order valence-electron chi connectivity index (χ0n) is 9.56. The van der Waals surface area contributed by atoms with E-state index in [0.29, 0.717) is 0 Å². The van der Waals surface area contributed by atoms with Gasteiger partial charge in [0.05, 0.1) is 26.2 Å². The van der Waals surface area contributed by atoms with Crippen LogP contribution in [0, 0.1) is 0 Å². The summed E-state index contributed by atoms with van der Waals surface area (Å²) >= 11 is 0. The van der Waals surface area contributed by atoms with Gasteiger partial charge in [-0.15, -0.1) is 0 Å². The van der Waals surface area contributed by atoms with E-state index in [1.807, 2.05) is 0 Å². The summed E-state index contributed by atoms with van der Waals surface area (Å²) in [5, 5.41) is 0. The van der Waals surface area contributed by atoms with Crippen LogP contribution in [-0.2, 0) is 19.0 Å². The highest BCUT2D eigenvalue weighted by Crippen LogP contribution is 2.33. The van der Waals surface area contributed by atoms with Crippen LogP contribution in [-0.4, -0.2) is 48.5 Å². The van der Waals surface area contributed by atoms with E-state index in [0.717, 1.165) is 4.90 Å². The number of fused-ring (bicyclic) bond motifs is 1. The van der Waals surface area contributed by atoms with Crippen molar-refractivity contribution in [2.45, 2.75) is 38.3 Å². The molecular formula is C10H15NO5. The Bertz CT molecular complexity index is 327. The van der Waals surface area contributed by atoms with Gasteiger partial charge in [0, 0.05) is 0 Å². The number of methoxy groups -OCH3 is 1. The second-order valence-electron chi connectivity index (χ2n) is 4.39. The fourth-order valence-corrected chi connectivity index (χ4v) is 2.09. The van der Waals surface area contributed by atoms with Crippen LogP contribution in [0.4, 0.5) is 4.79 Å². The smallest absolute Gasteiger partial charge is 0.416 e. The molecule has 0 bridgehead atoms. The lowest BCUT2D eigenvalue weighted by atomic mass is 10.1. The molecule has 2 amide bonds. The Morgan fingerprint density at radius 1 is 1.44 bits per heavy atom. The van der Waals surface area contributed by atoms with Gasteiger partial charge in [0.2, 0.25) is 5.91 Å². The standard InChI is InChI=1S/C10H15NO5/c1-10(2)15-6-4-8(12)11(9(13)14-3)5-7(6)16-10/h6-7H,4-5H2,1-3H3/t6-,7+/m1/s1. The van der Waals surface area contributed by atoms with Crippen LogP contribution in [0.3, 0.4) is 0 Å². The van der Waals surface area contributed by atoms with Crippen molar-refractivity contribution in [3.05, 3.63) is 0 Å². The number of likely N-dealkylation sites (tertiary alicyclic amines) is 1. The molecular weight excluding hydrogens is 214 g/mol. The number of nitrogens with zero attached hydrogens (tertiary/aromatic N) is 1. The molecule has 2 rings (SSSR count). The van der Waals surface area contributed by atoms with Crippen LogP contribution in [0.5, 0.6) is 0 Å². The highest BCUT2D eigenvalue weighted by Gasteiger charge is 2.48. The number of hydrogen-bond donors (Lipinski definition) is 0. The summed E-state index contributed by atoms with van der Waals surface area (Å²) in [6.07, 6.45) is -1.00. The molecule has 16 heavy (non-hydrogen) atoms. The Labute approximate surface area is 93.4 Å². The third-order valence-corrected chi connectivity index (χ3v) is 2.72. The second kappa shape index (κ2) is 3.71. The minimum absolute atomic E-state index is 0.156. The zero-order chi connectivity index (χ0) is 11.9. The number of amides is 2. The molecule has 0 aromatic heterocycles. The Morgan fingerprint density at radius 2 is 2.06 bits per heavy atom. The first-order valence-corrected chi connectivity index (χ1v) is 5.17. The lowest BCUT2D eigenvalue weighted by Gasteiger charge is -2.29. The van der Waals surface area contributed by atoms with E-state index in [2.05, 4.69) is 4.74 Å². The number of rotatable bonds is 0. The molecule has 90 valence electrons. The fraction of sp³-hybridized carbons (Fsp3) is 0.800. The number of imide groups is 1. The van der Waals surface area contributed by atoms with Crippen molar-refractivity contribution >= 4 is 12.0 Å². The van der Waals surface area contributed by atoms with Gasteiger partial charge in [-0.2, -0.15) is 0 Å². The van der Waals surface area contributed by atoms with Crippen LogP contribution in [0.1, 0.15) is 20.3 Å². The molecule has 6 heteroatoms. The number of piperidine rings is 1. The van der Waals surface area contributed by atoms with Crippen LogP contribution in [0.2, 0.25) is 0 Å². The number of carbonyl (C=O) groups is 2. The van der Waals surface area contributed by atoms with Gasteiger partial charge in [0.15, 0.2) is 5.79 Å². The summed E-state index contributed by atoms with van der Waals surface area (Å²) in [5.41, 5.74) is 0. The average molecular weight is 229 g/mol. The van der Waals surface area contributed by atoms with Crippen LogP contribution >= 0.6 is 0 Å². The van der Waals surface area contributed by atoms with E-state index >= 15 is 0 Å². The molecule has 2 aliphatic heterocycles. The van der Waals surface area contributed by atoms with Gasteiger partial charge in [-0.25, -0.2) is 9.69 Å². The molecule has 0 unspecified atom stereocenters. The lowest BCUT2D eigenvalue weighted by Crippen LogP contribution is -2.51. The van der Waals surface area contributed by atoms with E-state index in [9.17, 15) is 9.59 Å². The van der Waals surface area contributed by atoms with Crippen LogP contribution < -0.4 is 0 Å². The molecule has 0 saturated carbocycles. The molecule has 2 fully saturated rings. The molecule has 0 aromatic rings. The predicted octanol–water partition coefficient (Wildman–Crippen LogP) is 0.505. The third-order valence-electron chi connectivity index (χ3n) is 2.72. The summed E-state index contributed by atoms with van der Waals surface area (Å²) in [4.78, 5) is 24.0. The largest absolute Gasteiger partial charge is 0.452 e. The monoisotopic (exact) mass is 229 g/mol. The molecule has 6 nitrogen and oxygen atoms in total. The van der Waals surface area contributed by atoms with E-state index in [-0.39, 0.29) is 31.1 Å². The summed E-state index contributed by atoms with van der Waals surface area (Å²) in [5.74, 6) is -0.976. The van der Waals surface area contributed by atoms with Crippen LogP contribution in [0.15, 0.2) is 0 Å². The average Bonchev–Trinajstić information content (AvgIpc) is 2.48. The van der Waals surface area contributed by atoms with E-state index in [4.69, 9.17) is 9.47 Å². The van der Waals surface area contributed by atoms with Gasteiger partial charge in [0.25, 0.3) is 0 Å². The maximum atomic E-state index is 11.6. The van der Waals surface area contributed by atoms with Gasteiger partial charge in [-0.1, -0.05) is 0 Å². The topological polar surface area (TPSA) is 65.1 Å². The quantitative estimate of drug-likeness (QED) is 0.605. The number of ether oxygens (including phenoxy) is 3. The van der Waals surface area contributed by atoms with Gasteiger partial charge >= 0.3 is 6.09 Å². The maximum Gasteiger partial charge on any atom is 0.416 e. The van der Waals surface area contributed by atoms with Gasteiger partial charge < -0.3 is 14.2 Å². The first-order valence-electron chi connectivity index (χ1n) is 5.17. The first kappa shape index (κ1) is 11.3. The molecule has 0 spiro atoms. The van der Waals surface area contributed by atoms with Crippen molar-refractivity contribution in [1.82, 2.24) is 4.90 Å². The SMILES string of the molecule is COC(=O)N1C[C@@H]2OC(C)(C)O[C@@H]2CC1=O. The lowest BCUT2D eigenvalue weighted by molar-refractivity contribution is -0.145. The van der Waals surface area contributed by atoms with Crippen molar-refractivity contribution in [2.24, 2.45) is 0 Å². The van der Waals surface area contributed by atoms with Crippen molar-refractivity contribution in [3.63, 3.8) is 0 Å². The summed E-state index contributed by atoms with van der Waals surface area (Å²) in [6.45, 7) is 3.77. The van der Waals surface area contributed by atoms with Gasteiger partial charge in [0.1, 0.15) is 6.10 Å². The Kier molecular flexibility index (Phi) is 2.63. The normalized spacial score (nSPS) is 32.4. The third kappa shape index (κ3) is 1.90. The van der Waals surface area contributed by atoms with Crippen LogP contribution in [0.25, 0.3) is 0 Å². The summed E-state index contributed by atoms with van der Waals surface area (Å²) in [7, 11) is 1.25.